The van der Waals surface area contributed by atoms with Crippen molar-refractivity contribution < 1.29 is 23.9 Å². The Balaban J connectivity index is 1.20. The van der Waals surface area contributed by atoms with E-state index >= 15 is 0 Å². The number of hydrogen-bond acceptors (Lipinski definition) is 6. The van der Waals surface area contributed by atoms with Gasteiger partial charge in [0.1, 0.15) is 6.54 Å². The fraction of sp³-hybridized carbons (Fsp3) is 0.107. The van der Waals surface area contributed by atoms with Gasteiger partial charge in [0.05, 0.1) is 4.91 Å². The molecule has 1 fully saturated rings. The monoisotopic (exact) mass is 545 g/mol. The number of aromatic nitrogens is 1. The maximum absolute atomic E-state index is 13.1. The number of rotatable bonds is 6. The Morgan fingerprint density at radius 1 is 1.03 bits per heavy atom. The summed E-state index contributed by atoms with van der Waals surface area (Å²) in [4.78, 5) is 39.6. The van der Waals surface area contributed by atoms with E-state index in [-0.39, 0.29) is 11.7 Å². The highest BCUT2D eigenvalue weighted by atomic mass is 35.5. The van der Waals surface area contributed by atoms with Crippen LogP contribution in [0.3, 0.4) is 0 Å². The van der Waals surface area contributed by atoms with Gasteiger partial charge in [-0.3, -0.25) is 19.3 Å². The van der Waals surface area contributed by atoms with Gasteiger partial charge in [-0.25, -0.2) is 0 Å². The van der Waals surface area contributed by atoms with E-state index in [2.05, 4.69) is 9.88 Å². The minimum Gasteiger partial charge on any atom is -0.454 e. The molecule has 0 unspecified atom stereocenters. The molecule has 4 aromatic rings. The van der Waals surface area contributed by atoms with Crippen molar-refractivity contribution in [2.45, 2.75) is 6.54 Å². The molecule has 2 aliphatic rings. The van der Waals surface area contributed by atoms with Crippen LogP contribution in [0.15, 0.2) is 77.8 Å². The van der Waals surface area contributed by atoms with E-state index in [1.165, 1.54) is 0 Å². The average Bonchev–Trinajstić information content (AvgIpc) is 3.58. The van der Waals surface area contributed by atoms with Crippen molar-refractivity contribution in [1.29, 1.82) is 0 Å². The lowest BCUT2D eigenvalue weighted by Crippen LogP contribution is -2.36. The van der Waals surface area contributed by atoms with Gasteiger partial charge in [0.25, 0.3) is 11.1 Å². The van der Waals surface area contributed by atoms with E-state index in [9.17, 15) is 14.4 Å². The largest absolute Gasteiger partial charge is 0.454 e. The summed E-state index contributed by atoms with van der Waals surface area (Å²) in [5.41, 5.74) is 3.37. The number of thioether (sulfide) groups is 1. The number of benzene rings is 3. The van der Waals surface area contributed by atoms with Crippen LogP contribution >= 0.6 is 23.4 Å². The van der Waals surface area contributed by atoms with Gasteiger partial charge in [0.2, 0.25) is 12.7 Å². The summed E-state index contributed by atoms with van der Waals surface area (Å²) in [6, 6.07) is 20.5. The summed E-state index contributed by atoms with van der Waals surface area (Å²) >= 11 is 6.85. The van der Waals surface area contributed by atoms with Crippen molar-refractivity contribution in [2.75, 3.05) is 18.7 Å². The number of para-hydroxylation sites is 1. The SMILES string of the molecule is O=C(CN1C(=O)S/C(=C\c2cn(Cc3ccc(Cl)cc3)c3ccccc23)C1=O)Nc1ccc2c(c1)OCO2. The van der Waals surface area contributed by atoms with E-state index in [1.807, 2.05) is 54.7 Å². The number of anilines is 1. The smallest absolute Gasteiger partial charge is 0.294 e. The zero-order chi connectivity index (χ0) is 26.2. The number of halogens is 1. The van der Waals surface area contributed by atoms with Crippen LogP contribution in [0.4, 0.5) is 10.5 Å². The molecule has 1 saturated heterocycles. The molecule has 190 valence electrons. The lowest BCUT2D eigenvalue weighted by atomic mass is 10.1. The van der Waals surface area contributed by atoms with Crippen molar-refractivity contribution in [3.05, 3.63) is 94.0 Å². The number of nitrogens with one attached hydrogen (secondary N) is 1. The molecule has 0 saturated carbocycles. The lowest BCUT2D eigenvalue weighted by molar-refractivity contribution is -0.127. The average molecular weight is 546 g/mol. The van der Waals surface area contributed by atoms with Crippen LogP contribution in [0.2, 0.25) is 5.02 Å². The van der Waals surface area contributed by atoms with Crippen molar-refractivity contribution in [2.24, 2.45) is 0 Å². The standard InChI is InChI=1S/C28H20ClN3O5S/c29-19-7-5-17(6-8-19)13-31-14-18(21-3-1-2-4-22(21)31)11-25-27(34)32(28(35)38-25)15-26(33)30-20-9-10-23-24(12-20)37-16-36-23/h1-12,14H,13,15-16H2,(H,30,33)/b25-11-. The fourth-order valence-corrected chi connectivity index (χ4v) is 5.36. The molecule has 1 N–H and O–H groups in total. The number of amides is 3. The Morgan fingerprint density at radius 3 is 2.66 bits per heavy atom. The van der Waals surface area contributed by atoms with Crippen LogP contribution < -0.4 is 14.8 Å². The van der Waals surface area contributed by atoms with E-state index in [1.54, 1.807) is 24.3 Å². The van der Waals surface area contributed by atoms with Gasteiger partial charge < -0.3 is 19.4 Å². The molecular weight excluding hydrogens is 526 g/mol. The number of imide groups is 1. The van der Waals surface area contributed by atoms with Crippen molar-refractivity contribution in [1.82, 2.24) is 9.47 Å². The van der Waals surface area contributed by atoms with Gasteiger partial charge >= 0.3 is 0 Å². The zero-order valence-corrected chi connectivity index (χ0v) is 21.4. The van der Waals surface area contributed by atoms with Gasteiger partial charge in [-0.1, -0.05) is 41.9 Å². The molecule has 0 spiro atoms. The quantitative estimate of drug-likeness (QED) is 0.310. The second-order valence-electron chi connectivity index (χ2n) is 8.74. The van der Waals surface area contributed by atoms with Gasteiger partial charge in [0.15, 0.2) is 11.5 Å². The molecule has 0 aliphatic carbocycles. The van der Waals surface area contributed by atoms with Crippen LogP contribution in [-0.4, -0.2) is 39.9 Å². The third kappa shape index (κ3) is 4.73. The second-order valence-corrected chi connectivity index (χ2v) is 10.2. The first-order chi connectivity index (χ1) is 18.4. The minimum absolute atomic E-state index is 0.121. The van der Waals surface area contributed by atoms with Crippen LogP contribution in [0.25, 0.3) is 17.0 Å². The summed E-state index contributed by atoms with van der Waals surface area (Å²) in [5, 5.41) is 3.83. The first-order valence-electron chi connectivity index (χ1n) is 11.7. The molecular formula is C28H20ClN3O5S. The summed E-state index contributed by atoms with van der Waals surface area (Å²) in [6.45, 7) is 0.345. The van der Waals surface area contributed by atoms with Crippen molar-refractivity contribution in [3.63, 3.8) is 0 Å². The fourth-order valence-electron chi connectivity index (χ4n) is 4.40. The highest BCUT2D eigenvalue weighted by Gasteiger charge is 2.36. The Labute approximate surface area is 226 Å². The number of carbonyl (C=O) groups excluding carboxylic acids is 3. The Bertz CT molecular complexity index is 1630. The highest BCUT2D eigenvalue weighted by molar-refractivity contribution is 8.18. The predicted molar refractivity (Wildman–Crippen MR) is 146 cm³/mol. The molecule has 3 aromatic carbocycles. The van der Waals surface area contributed by atoms with E-state index in [0.29, 0.717) is 28.8 Å². The molecule has 6 rings (SSSR count). The summed E-state index contributed by atoms with van der Waals surface area (Å²) in [6.07, 6.45) is 3.67. The molecule has 8 nitrogen and oxygen atoms in total. The molecule has 1 aromatic heterocycles. The van der Waals surface area contributed by atoms with Crippen molar-refractivity contribution in [3.8, 4) is 11.5 Å². The molecule has 38 heavy (non-hydrogen) atoms. The maximum Gasteiger partial charge on any atom is 0.294 e. The van der Waals surface area contributed by atoms with Crippen LogP contribution in [0.5, 0.6) is 11.5 Å². The normalized spacial score (nSPS) is 15.6. The summed E-state index contributed by atoms with van der Waals surface area (Å²) < 4.78 is 12.7. The van der Waals surface area contributed by atoms with Crippen LogP contribution in [0, 0.1) is 0 Å². The molecule has 10 heteroatoms. The lowest BCUT2D eigenvalue weighted by Gasteiger charge is -2.12. The summed E-state index contributed by atoms with van der Waals surface area (Å²) in [7, 11) is 0. The zero-order valence-electron chi connectivity index (χ0n) is 19.8. The molecule has 3 heterocycles. The number of fused-ring (bicyclic) bond motifs is 2. The van der Waals surface area contributed by atoms with Gasteiger partial charge in [-0.05, 0) is 53.7 Å². The first kappa shape index (κ1) is 24.1. The first-order valence-corrected chi connectivity index (χ1v) is 12.9. The molecule has 0 atom stereocenters. The second kappa shape index (κ2) is 9.92. The van der Waals surface area contributed by atoms with Gasteiger partial charge in [-0.2, -0.15) is 0 Å². The molecule has 0 radical (unpaired) electrons. The topological polar surface area (TPSA) is 89.9 Å². The van der Waals surface area contributed by atoms with Gasteiger partial charge in [-0.15, -0.1) is 0 Å². The summed E-state index contributed by atoms with van der Waals surface area (Å²) in [5.74, 6) is 0.114. The molecule has 3 amide bonds. The third-order valence-electron chi connectivity index (χ3n) is 6.20. The highest BCUT2D eigenvalue weighted by Crippen LogP contribution is 2.36. The Morgan fingerprint density at radius 2 is 1.82 bits per heavy atom. The van der Waals surface area contributed by atoms with E-state index < -0.39 is 23.6 Å². The minimum atomic E-state index is -0.504. The number of nitrogens with zero attached hydrogens (tertiary/aromatic N) is 2. The van der Waals surface area contributed by atoms with E-state index in [4.69, 9.17) is 21.1 Å². The number of carbonyl (C=O) groups is 3. The number of hydrogen-bond donors (Lipinski definition) is 1. The number of ether oxygens (including phenoxy) is 2. The third-order valence-corrected chi connectivity index (χ3v) is 7.36. The molecule has 0 bridgehead atoms. The van der Waals surface area contributed by atoms with Crippen LogP contribution in [-0.2, 0) is 16.1 Å². The Kier molecular flexibility index (Phi) is 6.30. The Hall–Kier alpha value is -4.21. The van der Waals surface area contributed by atoms with Crippen molar-refractivity contribution >= 4 is 63.1 Å². The van der Waals surface area contributed by atoms with Crippen LogP contribution in [0.1, 0.15) is 11.1 Å². The molecule has 2 aliphatic heterocycles. The maximum atomic E-state index is 13.1. The predicted octanol–water partition coefficient (Wildman–Crippen LogP) is 5.75. The van der Waals surface area contributed by atoms with E-state index in [0.717, 1.165) is 38.7 Å². The van der Waals surface area contributed by atoms with Gasteiger partial charge in [0, 0.05) is 46.0 Å².